The third kappa shape index (κ3) is 12.1. The summed E-state index contributed by atoms with van der Waals surface area (Å²) < 4.78 is 5.70. The molecule has 0 spiro atoms. The Morgan fingerprint density at radius 1 is 0.537 bits per heavy atom. The first-order valence-corrected chi connectivity index (χ1v) is 9.89. The number of para-hydroxylation sites is 4. The van der Waals surface area contributed by atoms with Crippen LogP contribution in [0.4, 0.5) is 0 Å². The number of imidazole rings is 2. The van der Waals surface area contributed by atoms with Crippen molar-refractivity contribution in [2.24, 2.45) is 0 Å². The topological polar surface area (TPSA) is 367 Å². The van der Waals surface area contributed by atoms with Crippen molar-refractivity contribution in [2.75, 3.05) is 0 Å². The Morgan fingerprint density at radius 2 is 0.829 bits per heavy atom. The summed E-state index contributed by atoms with van der Waals surface area (Å²) in [6.07, 6.45) is 2.85. The molecule has 4 rings (SSSR count). The Bertz CT molecular complexity index is 1200. The van der Waals surface area contributed by atoms with Gasteiger partial charge in [-0.1, -0.05) is 24.3 Å². The molecule has 2 aromatic heterocycles. The van der Waals surface area contributed by atoms with Gasteiger partial charge in [-0.3, -0.25) is 0 Å². The average molecular weight is 633 g/mol. The van der Waals surface area contributed by atoms with Crippen molar-refractivity contribution in [1.82, 2.24) is 9.13 Å². The predicted molar refractivity (Wildman–Crippen MR) is 126 cm³/mol. The molecule has 2 aromatic carbocycles. The monoisotopic (exact) mass is 633 g/mol. The van der Waals surface area contributed by atoms with Crippen LogP contribution in [-0.2, 0) is 62.1 Å². The van der Waals surface area contributed by atoms with Gasteiger partial charge in [0.1, 0.15) is 26.2 Å². The number of rotatable bonds is 8. The molecule has 4 aromatic rings. The molecule has 41 heavy (non-hydrogen) atoms. The maximum absolute atomic E-state index is 10.6. The molecule has 19 heteroatoms. The number of hydrogen-bond acceptors (Lipinski definition) is 8. The van der Waals surface area contributed by atoms with E-state index >= 15 is 0 Å². The van der Waals surface area contributed by atoms with Crippen LogP contribution in [0.15, 0.2) is 61.2 Å². The van der Waals surface area contributed by atoms with E-state index in [-0.39, 0.29) is 75.8 Å². The van der Waals surface area contributed by atoms with Crippen molar-refractivity contribution >= 4 is 45.9 Å². The van der Waals surface area contributed by atoms with Gasteiger partial charge in [0.2, 0.25) is 12.7 Å². The average Bonchev–Trinajstić information content (AvgIpc) is 3.26. The third-order valence-electron chi connectivity index (χ3n) is 4.76. The molecular weight excluding hydrogens is 603 g/mol. The zero-order valence-corrected chi connectivity index (χ0v) is 22.0. The van der Waals surface area contributed by atoms with Gasteiger partial charge < -0.3 is 72.5 Å². The zero-order valence-electron chi connectivity index (χ0n) is 21.0. The number of carbonyl (C=O) groups is 4. The molecule has 0 aliphatic rings. The molecule has 0 saturated heterocycles. The van der Waals surface area contributed by atoms with Crippen LogP contribution >= 0.6 is 0 Å². The summed E-state index contributed by atoms with van der Waals surface area (Å²) in [6.45, 7) is -1.28. The van der Waals surface area contributed by atoms with Gasteiger partial charge in [0.25, 0.3) is 0 Å². The van der Waals surface area contributed by atoms with Crippen LogP contribution in [0.1, 0.15) is 0 Å². The van der Waals surface area contributed by atoms with Crippen LogP contribution in [0, 0.1) is 0 Å². The fraction of sp³-hybridized carbons (Fsp3) is 0.182. The van der Waals surface area contributed by atoms with Gasteiger partial charge in [-0.05, 0) is 24.3 Å². The van der Waals surface area contributed by atoms with Gasteiger partial charge in [-0.2, -0.15) is 0 Å². The van der Waals surface area contributed by atoms with Crippen LogP contribution in [0.3, 0.4) is 0 Å². The van der Waals surface area contributed by atoms with Gasteiger partial charge in [0.15, 0.2) is 22.1 Å². The minimum absolute atomic E-state index is 0. The first-order chi connectivity index (χ1) is 16.2. The summed E-state index contributed by atoms with van der Waals surface area (Å²) in [4.78, 5) is 42.3. The molecular formula is C22H30CoN4O14. The first-order valence-electron chi connectivity index (χ1n) is 9.89. The quantitative estimate of drug-likeness (QED) is 0.167. The van der Waals surface area contributed by atoms with E-state index in [9.17, 15) is 39.6 Å². The molecule has 231 valence electrons. The van der Waals surface area contributed by atoms with Crippen LogP contribution < -0.4 is 29.6 Å². The first kappa shape index (κ1) is 46.4. The van der Waals surface area contributed by atoms with E-state index in [0.29, 0.717) is 22.1 Å². The number of nitrogens with zero attached hydrogens (tertiary/aromatic N) is 4. The van der Waals surface area contributed by atoms with Gasteiger partial charge in [-0.15, -0.1) is 0 Å². The summed E-state index contributed by atoms with van der Waals surface area (Å²) in [5.74, 6) is -4.92. The Hall–Kier alpha value is -4.47. The summed E-state index contributed by atoms with van der Waals surface area (Å²) in [7, 11) is 0. The van der Waals surface area contributed by atoms with Gasteiger partial charge in [0, 0.05) is 0 Å². The Balaban J connectivity index is -0.000000180. The van der Waals surface area contributed by atoms with Crippen LogP contribution in [0.5, 0.6) is 0 Å². The number of aliphatic carboxylic acids is 4. The molecule has 12 N–H and O–H groups in total. The maximum Gasteiger partial charge on any atom is 2.00 e. The number of aromatic nitrogens is 4. The van der Waals surface area contributed by atoms with E-state index in [4.69, 9.17) is 0 Å². The molecule has 0 fully saturated rings. The van der Waals surface area contributed by atoms with Crippen LogP contribution in [0.2, 0.25) is 0 Å². The molecule has 18 nitrogen and oxygen atoms in total. The van der Waals surface area contributed by atoms with E-state index in [1.807, 2.05) is 0 Å². The Morgan fingerprint density at radius 3 is 1.10 bits per heavy atom. The van der Waals surface area contributed by atoms with E-state index < -0.39 is 23.9 Å². The molecule has 2 heterocycles. The molecule has 0 aliphatic heterocycles. The molecule has 1 radical (unpaired) electrons. The Labute approximate surface area is 241 Å². The van der Waals surface area contributed by atoms with Gasteiger partial charge in [-0.25, -0.2) is 18.3 Å². The number of fused-ring (bicyclic) bond motifs is 2. The number of carboxylic acid groups (broad SMARTS) is 4. The van der Waals surface area contributed by atoms with E-state index in [2.05, 4.69) is 0 Å². The largest absolute Gasteiger partial charge is 2.00 e. The van der Waals surface area contributed by atoms with Crippen molar-refractivity contribution < 1.29 is 98.4 Å². The summed E-state index contributed by atoms with van der Waals surface area (Å²) >= 11 is 0. The second kappa shape index (κ2) is 20.4. The number of hydrogen-bond donors (Lipinski definition) is 0. The van der Waals surface area contributed by atoms with Gasteiger partial charge >= 0.3 is 16.8 Å². The maximum atomic E-state index is 10.6. The Kier molecular flexibility index (Phi) is 23.1. The van der Waals surface area contributed by atoms with Crippen molar-refractivity contribution in [3.05, 3.63) is 61.2 Å². The standard InChI is InChI=1S/2C11H10N2O4.Co.6H2O/c2*14-10(15)5-12-7-13(6-11(16)17)9-4-2-1-3-8(9)12;;;;;;;/h2*1-4,7H,5-6H2,(H-,14,15,16,17);;6*1H2/q;;+2;;;;;;/p-2. The molecule has 0 saturated carbocycles. The number of benzene rings is 2. The summed E-state index contributed by atoms with van der Waals surface area (Å²) in [5.41, 5.74) is 2.55. The third-order valence-corrected chi connectivity index (χ3v) is 4.76. The minimum atomic E-state index is -1.23. The van der Waals surface area contributed by atoms with Gasteiger partial charge in [0.05, 0.1) is 23.9 Å². The second-order valence-corrected chi connectivity index (χ2v) is 7.21. The SMILES string of the molecule is O.O.O.O.O.O.O=C([O-])Cn1c[n+](CC(=O)[O-])c2ccccc21.O=C([O-])Cn1c[n+](CC(=O)[O-])c2ccccc21.[Co+2]. The molecule has 0 amide bonds. The van der Waals surface area contributed by atoms with Crippen LogP contribution in [0.25, 0.3) is 22.1 Å². The predicted octanol–water partition coefficient (Wildman–Crippen LogP) is -10.1. The summed E-state index contributed by atoms with van der Waals surface area (Å²) in [6, 6.07) is 13.8. The summed E-state index contributed by atoms with van der Waals surface area (Å²) in [5, 5.41) is 42.3. The van der Waals surface area contributed by atoms with E-state index in [1.54, 1.807) is 48.5 Å². The molecule has 0 aliphatic carbocycles. The van der Waals surface area contributed by atoms with Crippen molar-refractivity contribution in [3.63, 3.8) is 0 Å². The fourth-order valence-electron chi connectivity index (χ4n) is 3.55. The zero-order chi connectivity index (χ0) is 24.8. The number of carbonyl (C=O) groups excluding carboxylic acids is 4. The minimum Gasteiger partial charge on any atom is -0.546 e. The fourth-order valence-corrected chi connectivity index (χ4v) is 3.55. The van der Waals surface area contributed by atoms with Crippen molar-refractivity contribution in [1.29, 1.82) is 0 Å². The van der Waals surface area contributed by atoms with Crippen molar-refractivity contribution in [3.8, 4) is 0 Å². The van der Waals surface area contributed by atoms with Crippen molar-refractivity contribution in [2.45, 2.75) is 26.2 Å². The normalized spacial score (nSPS) is 8.78. The smallest absolute Gasteiger partial charge is 0.546 e. The van der Waals surface area contributed by atoms with E-state index in [1.165, 1.54) is 30.9 Å². The molecule has 0 atom stereocenters. The molecule has 0 bridgehead atoms. The van der Waals surface area contributed by atoms with Crippen LogP contribution in [-0.4, -0.2) is 65.9 Å². The number of carboxylic acids is 4. The second-order valence-electron chi connectivity index (χ2n) is 7.21. The van der Waals surface area contributed by atoms with E-state index in [0.717, 1.165) is 0 Å². The molecule has 0 unspecified atom stereocenters.